The zero-order valence-electron chi connectivity index (χ0n) is 18.2. The van der Waals surface area contributed by atoms with Crippen LogP contribution in [0.2, 0.25) is 0 Å². The molecular formula is C21H25N4O6PS. The number of allylic oxidation sites excluding steroid dienone is 1. The van der Waals surface area contributed by atoms with Crippen molar-refractivity contribution in [2.45, 2.75) is 26.8 Å². The summed E-state index contributed by atoms with van der Waals surface area (Å²) in [6.07, 6.45) is 3.72. The molecule has 1 amide bonds. The van der Waals surface area contributed by atoms with E-state index in [9.17, 15) is 14.2 Å². The van der Waals surface area contributed by atoms with Crippen LogP contribution in [0.25, 0.3) is 6.08 Å². The highest BCUT2D eigenvalue weighted by atomic mass is 32.2. The minimum Gasteiger partial charge on any atom is -0.383 e. The Morgan fingerprint density at radius 1 is 1.33 bits per heavy atom. The number of nitrogens with two attached hydrogens (primary N) is 1. The SMILES string of the molecule is C=Cc1ccc(C(=O)S/C(CCOP(=O)(O)O)=C(/C)N(C=O)Cc2cnc(C)nc2N)cc1. The smallest absolute Gasteiger partial charge is 0.383 e. The van der Waals surface area contributed by atoms with Crippen LogP contribution < -0.4 is 5.73 Å². The van der Waals surface area contributed by atoms with Crippen molar-refractivity contribution in [3.8, 4) is 0 Å². The number of anilines is 1. The van der Waals surface area contributed by atoms with Crippen LogP contribution in [-0.2, 0) is 20.4 Å². The summed E-state index contributed by atoms with van der Waals surface area (Å²) in [7, 11) is -4.69. The summed E-state index contributed by atoms with van der Waals surface area (Å²) >= 11 is 0.850. The first kappa shape index (κ1) is 26.4. The molecule has 0 fully saturated rings. The molecule has 0 spiro atoms. The highest BCUT2D eigenvalue weighted by Gasteiger charge is 2.20. The van der Waals surface area contributed by atoms with Crippen LogP contribution >= 0.6 is 19.6 Å². The minimum atomic E-state index is -4.69. The summed E-state index contributed by atoms with van der Waals surface area (Å²) in [5, 5.41) is -0.305. The Balaban J connectivity index is 2.32. The van der Waals surface area contributed by atoms with Gasteiger partial charge in [0, 0.05) is 34.3 Å². The van der Waals surface area contributed by atoms with E-state index in [1.165, 1.54) is 11.1 Å². The van der Waals surface area contributed by atoms with Crippen molar-refractivity contribution >= 4 is 43.0 Å². The van der Waals surface area contributed by atoms with Gasteiger partial charge in [-0.05, 0) is 43.3 Å². The third kappa shape index (κ3) is 8.23. The molecule has 1 aromatic heterocycles. The lowest BCUT2D eigenvalue weighted by molar-refractivity contribution is -0.116. The number of aromatic nitrogens is 2. The number of carbonyl (C=O) groups is 2. The van der Waals surface area contributed by atoms with E-state index < -0.39 is 7.82 Å². The lowest BCUT2D eigenvalue weighted by Gasteiger charge is -2.22. The molecular weight excluding hydrogens is 467 g/mol. The lowest BCUT2D eigenvalue weighted by Crippen LogP contribution is -2.22. The molecule has 0 aliphatic heterocycles. The van der Waals surface area contributed by atoms with Gasteiger partial charge >= 0.3 is 7.82 Å². The molecule has 10 nitrogen and oxygen atoms in total. The van der Waals surface area contributed by atoms with Crippen molar-refractivity contribution in [2.75, 3.05) is 12.3 Å². The second kappa shape index (κ2) is 11.9. The van der Waals surface area contributed by atoms with Gasteiger partial charge in [-0.1, -0.05) is 24.8 Å². The van der Waals surface area contributed by atoms with Crippen LogP contribution in [0.1, 0.15) is 40.7 Å². The Labute approximate surface area is 195 Å². The fraction of sp³-hybridized carbons (Fsp3) is 0.238. The molecule has 12 heteroatoms. The monoisotopic (exact) mass is 492 g/mol. The van der Waals surface area contributed by atoms with E-state index in [-0.39, 0.29) is 30.5 Å². The van der Waals surface area contributed by atoms with Crippen LogP contribution in [-0.4, -0.2) is 42.8 Å². The average molecular weight is 492 g/mol. The topological polar surface area (TPSA) is 156 Å². The molecule has 1 aromatic carbocycles. The summed E-state index contributed by atoms with van der Waals surface area (Å²) in [5.41, 5.74) is 8.11. The maximum atomic E-state index is 12.8. The number of hydrogen-bond acceptors (Lipinski definition) is 8. The predicted molar refractivity (Wildman–Crippen MR) is 127 cm³/mol. The van der Waals surface area contributed by atoms with Crippen LogP contribution in [0, 0.1) is 6.92 Å². The number of hydrogen-bond donors (Lipinski definition) is 3. The van der Waals surface area contributed by atoms with Gasteiger partial charge in [0.2, 0.25) is 11.5 Å². The fourth-order valence-electron chi connectivity index (χ4n) is 2.70. The van der Waals surface area contributed by atoms with Gasteiger partial charge in [-0.25, -0.2) is 14.5 Å². The van der Waals surface area contributed by atoms with Gasteiger partial charge < -0.3 is 20.4 Å². The predicted octanol–water partition coefficient (Wildman–Crippen LogP) is 3.27. The third-order valence-corrected chi connectivity index (χ3v) is 6.19. The number of nitrogen functional groups attached to an aromatic ring is 1. The zero-order chi connectivity index (χ0) is 24.6. The van der Waals surface area contributed by atoms with Gasteiger partial charge in [-0.2, -0.15) is 0 Å². The number of rotatable bonds is 11. The maximum Gasteiger partial charge on any atom is 0.469 e. The Kier molecular flexibility index (Phi) is 9.51. The van der Waals surface area contributed by atoms with Crippen molar-refractivity contribution < 1.29 is 28.5 Å². The molecule has 1 heterocycles. The summed E-state index contributed by atoms with van der Waals surface area (Å²) in [4.78, 5) is 52.5. The number of benzene rings is 1. The molecule has 4 N–H and O–H groups in total. The van der Waals surface area contributed by atoms with Gasteiger partial charge in [-0.15, -0.1) is 0 Å². The van der Waals surface area contributed by atoms with Crippen molar-refractivity contribution in [3.05, 3.63) is 70.2 Å². The average Bonchev–Trinajstić information content (AvgIpc) is 2.76. The summed E-state index contributed by atoms with van der Waals surface area (Å²) in [6, 6.07) is 6.78. The summed E-state index contributed by atoms with van der Waals surface area (Å²) in [5.74, 6) is 0.708. The van der Waals surface area contributed by atoms with E-state index >= 15 is 0 Å². The highest BCUT2D eigenvalue weighted by Crippen LogP contribution is 2.37. The Hall–Kier alpha value is -2.82. The molecule has 0 bridgehead atoms. The third-order valence-electron chi connectivity index (χ3n) is 4.51. The van der Waals surface area contributed by atoms with Crippen LogP contribution in [0.4, 0.5) is 5.82 Å². The molecule has 0 radical (unpaired) electrons. The molecule has 33 heavy (non-hydrogen) atoms. The van der Waals surface area contributed by atoms with Crippen molar-refractivity contribution in [3.63, 3.8) is 0 Å². The minimum absolute atomic E-state index is 0.0116. The fourth-order valence-corrected chi connectivity index (χ4v) is 3.96. The van der Waals surface area contributed by atoms with Gasteiger partial charge in [0.15, 0.2) is 0 Å². The van der Waals surface area contributed by atoms with Gasteiger partial charge in [0.05, 0.1) is 13.2 Å². The van der Waals surface area contributed by atoms with E-state index in [4.69, 9.17) is 15.5 Å². The first-order valence-electron chi connectivity index (χ1n) is 9.68. The first-order valence-corrected chi connectivity index (χ1v) is 12.0. The lowest BCUT2D eigenvalue weighted by atomic mass is 10.1. The van der Waals surface area contributed by atoms with Crippen LogP contribution in [0.15, 0.2) is 47.6 Å². The molecule has 0 saturated heterocycles. The number of phosphoric acid groups is 1. The van der Waals surface area contributed by atoms with Gasteiger partial charge in [0.25, 0.3) is 0 Å². The number of carbonyl (C=O) groups excluding carboxylic acids is 2. The maximum absolute atomic E-state index is 12.8. The summed E-state index contributed by atoms with van der Waals surface area (Å²) in [6.45, 7) is 6.67. The molecule has 176 valence electrons. The number of thioether (sulfide) groups is 1. The summed E-state index contributed by atoms with van der Waals surface area (Å²) < 4.78 is 15.6. The molecule has 2 rings (SSSR count). The zero-order valence-corrected chi connectivity index (χ0v) is 19.9. The largest absolute Gasteiger partial charge is 0.469 e. The number of aryl methyl sites for hydroxylation is 1. The van der Waals surface area contributed by atoms with Crippen molar-refractivity contribution in [2.24, 2.45) is 0 Å². The molecule has 0 aliphatic carbocycles. The number of nitrogens with zero attached hydrogens (tertiary/aromatic N) is 3. The first-order chi connectivity index (χ1) is 15.5. The molecule has 0 unspecified atom stereocenters. The van der Waals surface area contributed by atoms with E-state index in [1.807, 2.05) is 0 Å². The van der Waals surface area contributed by atoms with E-state index in [0.717, 1.165) is 17.3 Å². The van der Waals surface area contributed by atoms with E-state index in [2.05, 4.69) is 21.1 Å². The molecule has 0 saturated carbocycles. The Bertz CT molecular complexity index is 1100. The second-order valence-electron chi connectivity index (χ2n) is 6.86. The van der Waals surface area contributed by atoms with Gasteiger partial charge in [0.1, 0.15) is 11.6 Å². The number of phosphoric ester groups is 1. The number of amides is 1. The van der Waals surface area contributed by atoms with Crippen molar-refractivity contribution in [1.29, 1.82) is 0 Å². The molecule has 2 aromatic rings. The Morgan fingerprint density at radius 2 is 2.00 bits per heavy atom. The van der Waals surface area contributed by atoms with Gasteiger partial charge in [-0.3, -0.25) is 14.1 Å². The normalized spacial score (nSPS) is 12.1. The Morgan fingerprint density at radius 3 is 2.55 bits per heavy atom. The van der Waals surface area contributed by atoms with Crippen LogP contribution in [0.3, 0.4) is 0 Å². The van der Waals surface area contributed by atoms with Crippen LogP contribution in [0.5, 0.6) is 0 Å². The quantitative estimate of drug-likeness (QED) is 0.314. The molecule has 0 aliphatic rings. The van der Waals surface area contributed by atoms with E-state index in [0.29, 0.717) is 34.0 Å². The standard InChI is InChI=1S/C21H25N4O6PS/c1-4-16-5-7-17(8-6-16)21(27)33-19(9-10-31-32(28,29)30)14(2)25(13-26)12-18-11-23-15(3)24-20(18)22/h4-8,11,13H,1,9-10,12H2,2-3H3,(H2,22,23,24)(H2,28,29,30)/b19-14-. The second-order valence-corrected chi connectivity index (χ2v) is 9.17. The van der Waals surface area contributed by atoms with E-state index in [1.54, 1.807) is 44.2 Å². The highest BCUT2D eigenvalue weighted by molar-refractivity contribution is 8.17. The molecule has 0 atom stereocenters. The van der Waals surface area contributed by atoms with Crippen molar-refractivity contribution in [1.82, 2.24) is 14.9 Å².